The van der Waals surface area contributed by atoms with E-state index >= 15 is 0 Å². The number of nitrogens with one attached hydrogen (secondary N) is 1. The second kappa shape index (κ2) is 8.25. The van der Waals surface area contributed by atoms with E-state index in [1.807, 2.05) is 12.1 Å². The molecule has 1 saturated carbocycles. The number of amides is 1. The Morgan fingerprint density at radius 3 is 2.71 bits per heavy atom. The third-order valence-corrected chi connectivity index (χ3v) is 4.37. The first-order chi connectivity index (χ1) is 10.2. The Morgan fingerprint density at radius 1 is 1.29 bits per heavy atom. The van der Waals surface area contributed by atoms with E-state index in [4.69, 9.17) is 16.3 Å². The van der Waals surface area contributed by atoms with E-state index in [1.165, 1.54) is 12.8 Å². The van der Waals surface area contributed by atoms with Crippen LogP contribution in [-0.2, 0) is 4.79 Å². The molecule has 2 atom stereocenters. The van der Waals surface area contributed by atoms with Crippen molar-refractivity contribution in [3.05, 3.63) is 29.3 Å². The number of carbonyl (C=O) groups is 1. The standard InChI is InChI=1S/C16H22ClNO3/c17-14-7-3-4-8-15(14)21-11-16(20)18-9-12-5-1-2-6-13(12)10-19/h3-4,7-8,12-13,19H,1-2,5-6,9-11H2,(H,18,20). The van der Waals surface area contributed by atoms with Crippen LogP contribution >= 0.6 is 11.6 Å². The van der Waals surface area contributed by atoms with Gasteiger partial charge in [-0.3, -0.25) is 4.79 Å². The number of hydrogen-bond donors (Lipinski definition) is 2. The minimum Gasteiger partial charge on any atom is -0.482 e. The smallest absolute Gasteiger partial charge is 0.257 e. The molecule has 0 heterocycles. The third kappa shape index (κ3) is 4.90. The van der Waals surface area contributed by atoms with Gasteiger partial charge in [0.25, 0.3) is 5.91 Å². The van der Waals surface area contributed by atoms with Gasteiger partial charge in [0.15, 0.2) is 6.61 Å². The molecular weight excluding hydrogens is 290 g/mol. The van der Waals surface area contributed by atoms with Crippen LogP contribution in [0.25, 0.3) is 0 Å². The zero-order valence-corrected chi connectivity index (χ0v) is 12.8. The molecule has 2 unspecified atom stereocenters. The molecule has 0 aliphatic heterocycles. The molecule has 116 valence electrons. The maximum Gasteiger partial charge on any atom is 0.257 e. The lowest BCUT2D eigenvalue weighted by molar-refractivity contribution is -0.123. The van der Waals surface area contributed by atoms with Gasteiger partial charge in [-0.15, -0.1) is 0 Å². The Labute approximate surface area is 130 Å². The zero-order valence-electron chi connectivity index (χ0n) is 12.1. The van der Waals surface area contributed by atoms with Gasteiger partial charge in [0, 0.05) is 13.2 Å². The molecule has 1 amide bonds. The second-order valence-electron chi connectivity index (χ2n) is 5.51. The van der Waals surface area contributed by atoms with Crippen LogP contribution < -0.4 is 10.1 Å². The first kappa shape index (κ1) is 16.1. The highest BCUT2D eigenvalue weighted by molar-refractivity contribution is 6.32. The average molecular weight is 312 g/mol. The van der Waals surface area contributed by atoms with E-state index in [1.54, 1.807) is 12.1 Å². The van der Waals surface area contributed by atoms with E-state index in [0.29, 0.717) is 29.2 Å². The number of para-hydroxylation sites is 1. The SMILES string of the molecule is O=C(COc1ccccc1Cl)NCC1CCCCC1CO. The summed E-state index contributed by atoms with van der Waals surface area (Å²) in [6.07, 6.45) is 4.46. The molecule has 0 saturated heterocycles. The molecule has 0 spiro atoms. The van der Waals surface area contributed by atoms with Crippen LogP contribution in [0.5, 0.6) is 5.75 Å². The van der Waals surface area contributed by atoms with Gasteiger partial charge < -0.3 is 15.2 Å². The van der Waals surface area contributed by atoms with Gasteiger partial charge in [-0.05, 0) is 36.8 Å². The van der Waals surface area contributed by atoms with Crippen LogP contribution in [-0.4, -0.2) is 30.8 Å². The number of hydrogen-bond acceptors (Lipinski definition) is 3. The van der Waals surface area contributed by atoms with Gasteiger partial charge in [-0.1, -0.05) is 36.6 Å². The fourth-order valence-electron chi connectivity index (χ4n) is 2.79. The topological polar surface area (TPSA) is 58.6 Å². The third-order valence-electron chi connectivity index (χ3n) is 4.06. The van der Waals surface area contributed by atoms with Crippen LogP contribution in [0.4, 0.5) is 0 Å². The maximum atomic E-state index is 11.8. The second-order valence-corrected chi connectivity index (χ2v) is 5.92. The maximum absolute atomic E-state index is 11.8. The summed E-state index contributed by atoms with van der Waals surface area (Å²) in [5, 5.41) is 12.7. The number of aliphatic hydroxyl groups excluding tert-OH is 1. The van der Waals surface area contributed by atoms with Gasteiger partial charge in [-0.25, -0.2) is 0 Å². The predicted molar refractivity (Wildman–Crippen MR) is 82.5 cm³/mol. The van der Waals surface area contributed by atoms with Crippen molar-refractivity contribution in [3.63, 3.8) is 0 Å². The summed E-state index contributed by atoms with van der Waals surface area (Å²) in [6.45, 7) is 0.771. The molecule has 0 radical (unpaired) electrons. The molecule has 21 heavy (non-hydrogen) atoms. The first-order valence-corrected chi connectivity index (χ1v) is 7.83. The molecule has 2 N–H and O–H groups in total. The summed E-state index contributed by atoms with van der Waals surface area (Å²) in [5.41, 5.74) is 0. The van der Waals surface area contributed by atoms with Crippen molar-refractivity contribution in [3.8, 4) is 5.75 Å². The van der Waals surface area contributed by atoms with Gasteiger partial charge in [0.1, 0.15) is 5.75 Å². The Morgan fingerprint density at radius 2 is 2.00 bits per heavy atom. The quantitative estimate of drug-likeness (QED) is 0.849. The van der Waals surface area contributed by atoms with Crippen LogP contribution in [0.3, 0.4) is 0 Å². The fraction of sp³-hybridized carbons (Fsp3) is 0.562. The fourth-order valence-corrected chi connectivity index (χ4v) is 2.98. The summed E-state index contributed by atoms with van der Waals surface area (Å²) in [7, 11) is 0. The largest absolute Gasteiger partial charge is 0.482 e. The van der Waals surface area contributed by atoms with E-state index < -0.39 is 0 Å². The van der Waals surface area contributed by atoms with Crippen LogP contribution in [0, 0.1) is 11.8 Å². The number of ether oxygens (including phenoxy) is 1. The van der Waals surface area contributed by atoms with Crippen LogP contribution in [0.2, 0.25) is 5.02 Å². The van der Waals surface area contributed by atoms with Gasteiger partial charge in [0.2, 0.25) is 0 Å². The lowest BCUT2D eigenvalue weighted by Crippen LogP contribution is -2.37. The lowest BCUT2D eigenvalue weighted by Gasteiger charge is -2.30. The van der Waals surface area contributed by atoms with Gasteiger partial charge in [-0.2, -0.15) is 0 Å². The van der Waals surface area contributed by atoms with E-state index in [2.05, 4.69) is 5.32 Å². The minimum atomic E-state index is -0.155. The monoisotopic (exact) mass is 311 g/mol. The summed E-state index contributed by atoms with van der Waals surface area (Å²) in [4.78, 5) is 11.8. The van der Waals surface area contributed by atoms with E-state index in [9.17, 15) is 9.90 Å². The number of benzene rings is 1. The van der Waals surface area contributed by atoms with Gasteiger partial charge in [0.05, 0.1) is 5.02 Å². The summed E-state index contributed by atoms with van der Waals surface area (Å²) in [5.74, 6) is 1.04. The zero-order chi connectivity index (χ0) is 15.1. The van der Waals surface area contributed by atoms with Crippen molar-refractivity contribution in [2.75, 3.05) is 19.8 Å². The molecule has 1 aromatic rings. The van der Waals surface area contributed by atoms with Crippen molar-refractivity contribution in [1.29, 1.82) is 0 Å². The summed E-state index contributed by atoms with van der Waals surface area (Å²) >= 11 is 5.96. The van der Waals surface area contributed by atoms with Crippen molar-refractivity contribution >= 4 is 17.5 Å². The molecule has 5 heteroatoms. The summed E-state index contributed by atoms with van der Waals surface area (Å²) < 4.78 is 5.40. The Kier molecular flexibility index (Phi) is 6.33. The number of halogens is 1. The molecular formula is C16H22ClNO3. The Hall–Kier alpha value is -1.26. The highest BCUT2D eigenvalue weighted by Crippen LogP contribution is 2.29. The molecule has 0 aromatic heterocycles. The Balaban J connectivity index is 1.73. The molecule has 0 bridgehead atoms. The number of aliphatic hydroxyl groups is 1. The predicted octanol–water partition coefficient (Wildman–Crippen LogP) is 2.63. The Bertz CT molecular complexity index is 467. The normalized spacial score (nSPS) is 21.8. The van der Waals surface area contributed by atoms with E-state index in [-0.39, 0.29) is 19.1 Å². The molecule has 1 aliphatic rings. The highest BCUT2D eigenvalue weighted by atomic mass is 35.5. The molecule has 2 rings (SSSR count). The van der Waals surface area contributed by atoms with Crippen LogP contribution in [0.1, 0.15) is 25.7 Å². The lowest BCUT2D eigenvalue weighted by atomic mass is 9.79. The molecule has 1 fully saturated rings. The molecule has 1 aromatic carbocycles. The minimum absolute atomic E-state index is 0.0414. The van der Waals surface area contributed by atoms with Crippen LogP contribution in [0.15, 0.2) is 24.3 Å². The summed E-state index contributed by atoms with van der Waals surface area (Å²) in [6, 6.07) is 7.08. The van der Waals surface area contributed by atoms with Crippen molar-refractivity contribution in [2.45, 2.75) is 25.7 Å². The first-order valence-electron chi connectivity index (χ1n) is 7.45. The highest BCUT2D eigenvalue weighted by Gasteiger charge is 2.24. The van der Waals surface area contributed by atoms with Gasteiger partial charge >= 0.3 is 0 Å². The number of carbonyl (C=O) groups excluding carboxylic acids is 1. The van der Waals surface area contributed by atoms with Crippen molar-refractivity contribution < 1.29 is 14.6 Å². The van der Waals surface area contributed by atoms with Crippen molar-refractivity contribution in [2.24, 2.45) is 11.8 Å². The average Bonchev–Trinajstić information content (AvgIpc) is 2.52. The van der Waals surface area contributed by atoms with Crippen molar-refractivity contribution in [1.82, 2.24) is 5.32 Å². The molecule has 1 aliphatic carbocycles. The molecule has 4 nitrogen and oxygen atoms in total. The number of rotatable bonds is 6. The van der Waals surface area contributed by atoms with E-state index in [0.717, 1.165) is 12.8 Å².